The number of carbonyl (C=O) groups is 3. The van der Waals surface area contributed by atoms with Gasteiger partial charge in [0.05, 0.1) is 18.2 Å². The number of nitrogens with zero attached hydrogens (tertiary/aromatic N) is 4. The third kappa shape index (κ3) is 11.4. The molecule has 1 aliphatic heterocycles. The Kier molecular flexibility index (Phi) is 12.1. The van der Waals surface area contributed by atoms with Crippen LogP contribution < -0.4 is 5.32 Å². The zero-order chi connectivity index (χ0) is 30.8. The number of rotatable bonds is 7. The summed E-state index contributed by atoms with van der Waals surface area (Å²) < 4.78 is 65.7. The van der Waals surface area contributed by atoms with Gasteiger partial charge in [-0.25, -0.2) is 14.6 Å². The molecule has 3 heterocycles. The van der Waals surface area contributed by atoms with E-state index in [1.54, 1.807) is 12.4 Å². The molecule has 2 aromatic rings. The van der Waals surface area contributed by atoms with Crippen LogP contribution in [-0.4, -0.2) is 79.5 Å². The van der Waals surface area contributed by atoms with E-state index in [2.05, 4.69) is 32.9 Å². The maximum atomic E-state index is 12.3. The Bertz CT molecular complexity index is 1130. The van der Waals surface area contributed by atoms with Gasteiger partial charge in [-0.15, -0.1) is 0 Å². The van der Waals surface area contributed by atoms with E-state index in [9.17, 15) is 31.1 Å². The number of aliphatic carboxylic acids is 2. The van der Waals surface area contributed by atoms with Gasteiger partial charge in [0, 0.05) is 44.8 Å². The van der Waals surface area contributed by atoms with Crippen LogP contribution in [0.1, 0.15) is 49.3 Å². The number of hydrogen-bond acceptors (Lipinski definition) is 6. The molecule has 1 aliphatic carbocycles. The second-order valence-electron chi connectivity index (χ2n) is 9.49. The fourth-order valence-electron chi connectivity index (χ4n) is 4.06. The van der Waals surface area contributed by atoms with Crippen molar-refractivity contribution >= 4 is 17.8 Å². The molecule has 0 bridgehead atoms. The molecule has 0 spiro atoms. The summed E-state index contributed by atoms with van der Waals surface area (Å²) in [6, 6.07) is 4.29. The van der Waals surface area contributed by atoms with Crippen molar-refractivity contribution in [1.29, 1.82) is 0 Å². The number of aromatic nitrogens is 3. The smallest absolute Gasteiger partial charge is 0.475 e. The molecule has 1 unspecified atom stereocenters. The maximum Gasteiger partial charge on any atom is 0.490 e. The number of carbonyl (C=O) groups excluding carboxylic acids is 1. The maximum absolute atomic E-state index is 12.3. The normalized spacial score (nSPS) is 17.1. The Labute approximate surface area is 231 Å². The van der Waals surface area contributed by atoms with Crippen molar-refractivity contribution in [2.24, 2.45) is 5.92 Å². The second-order valence-corrected chi connectivity index (χ2v) is 9.49. The summed E-state index contributed by atoms with van der Waals surface area (Å²) in [5.74, 6) is -3.49. The first-order valence-electron chi connectivity index (χ1n) is 12.6. The standard InChI is InChI=1S/C21H29N5O.2C2HF3O2/c1-16-21-24-19(13-20(27)23-10-7-17-5-8-22-9-6-17)15-26(21)12-11-25(16)14-18-3-2-4-18;2*3-2(4,5)1(6)7/h5-6,8-9,15-16,18H,2-4,7,10-14H2,1H3,(H,23,27);2*(H,6,7). The van der Waals surface area contributed by atoms with Crippen LogP contribution in [0.5, 0.6) is 0 Å². The Hall–Kier alpha value is -3.69. The number of nitrogens with one attached hydrogen (secondary N) is 1. The molecular formula is C25H31F6N5O5. The number of hydrogen-bond donors (Lipinski definition) is 3. The van der Waals surface area contributed by atoms with E-state index in [0.717, 1.165) is 36.9 Å². The van der Waals surface area contributed by atoms with Crippen LogP contribution in [0, 0.1) is 5.92 Å². The molecule has 16 heteroatoms. The highest BCUT2D eigenvalue weighted by molar-refractivity contribution is 5.78. The highest BCUT2D eigenvalue weighted by Gasteiger charge is 2.39. The molecule has 1 fully saturated rings. The fourth-order valence-corrected chi connectivity index (χ4v) is 4.06. The van der Waals surface area contributed by atoms with Crippen molar-refractivity contribution in [3.63, 3.8) is 0 Å². The third-order valence-electron chi connectivity index (χ3n) is 6.44. The van der Waals surface area contributed by atoms with Crippen molar-refractivity contribution in [1.82, 2.24) is 24.8 Å². The number of alkyl halides is 6. The Morgan fingerprint density at radius 2 is 1.56 bits per heavy atom. The number of carboxylic acids is 2. The third-order valence-corrected chi connectivity index (χ3v) is 6.44. The topological polar surface area (TPSA) is 138 Å². The average Bonchev–Trinajstić information content (AvgIpc) is 3.26. The van der Waals surface area contributed by atoms with E-state index in [-0.39, 0.29) is 5.91 Å². The predicted molar refractivity (Wildman–Crippen MR) is 132 cm³/mol. The molecule has 4 rings (SSSR count). The average molecular weight is 596 g/mol. The molecule has 2 aromatic heterocycles. The van der Waals surface area contributed by atoms with Crippen LogP contribution in [-0.2, 0) is 33.8 Å². The van der Waals surface area contributed by atoms with E-state index < -0.39 is 24.3 Å². The van der Waals surface area contributed by atoms with Gasteiger partial charge in [-0.05, 0) is 49.8 Å². The number of imidazole rings is 1. The number of amides is 1. The van der Waals surface area contributed by atoms with Crippen molar-refractivity contribution in [2.45, 2.75) is 64.0 Å². The first kappa shape index (κ1) is 33.5. The lowest BCUT2D eigenvalue weighted by atomic mass is 9.84. The van der Waals surface area contributed by atoms with Gasteiger partial charge in [-0.1, -0.05) is 6.42 Å². The summed E-state index contributed by atoms with van der Waals surface area (Å²) in [4.78, 5) is 41.4. The van der Waals surface area contributed by atoms with Gasteiger partial charge in [0.15, 0.2) is 0 Å². The lowest BCUT2D eigenvalue weighted by Crippen LogP contribution is -2.41. The van der Waals surface area contributed by atoms with Crippen molar-refractivity contribution in [3.05, 3.63) is 47.8 Å². The van der Waals surface area contributed by atoms with Gasteiger partial charge < -0.3 is 20.1 Å². The molecule has 41 heavy (non-hydrogen) atoms. The Morgan fingerprint density at radius 1 is 1.00 bits per heavy atom. The quantitative estimate of drug-likeness (QED) is 0.413. The van der Waals surface area contributed by atoms with Gasteiger partial charge in [-0.3, -0.25) is 14.7 Å². The first-order chi connectivity index (χ1) is 19.1. The minimum Gasteiger partial charge on any atom is -0.475 e. The van der Waals surface area contributed by atoms with Gasteiger partial charge in [0.1, 0.15) is 5.82 Å². The van der Waals surface area contributed by atoms with Gasteiger partial charge >= 0.3 is 24.3 Å². The van der Waals surface area contributed by atoms with Crippen LogP contribution in [0.2, 0.25) is 0 Å². The minimum atomic E-state index is -5.08. The number of carboxylic acid groups (broad SMARTS) is 2. The minimum absolute atomic E-state index is 0.0403. The summed E-state index contributed by atoms with van der Waals surface area (Å²) in [6.07, 6.45) is 0.777. The molecule has 228 valence electrons. The van der Waals surface area contributed by atoms with Gasteiger partial charge in [-0.2, -0.15) is 26.3 Å². The predicted octanol–water partition coefficient (Wildman–Crippen LogP) is 3.62. The summed E-state index contributed by atoms with van der Waals surface area (Å²) in [6.45, 7) is 6.14. The van der Waals surface area contributed by atoms with Crippen LogP contribution in [0.25, 0.3) is 0 Å². The lowest BCUT2D eigenvalue weighted by molar-refractivity contribution is -0.193. The van der Waals surface area contributed by atoms with E-state index >= 15 is 0 Å². The van der Waals surface area contributed by atoms with Crippen molar-refractivity contribution in [2.75, 3.05) is 19.6 Å². The molecular weight excluding hydrogens is 564 g/mol. The van der Waals surface area contributed by atoms with Crippen LogP contribution in [0.15, 0.2) is 30.7 Å². The van der Waals surface area contributed by atoms with E-state index in [4.69, 9.17) is 24.8 Å². The molecule has 1 amide bonds. The van der Waals surface area contributed by atoms with Crippen LogP contribution >= 0.6 is 0 Å². The molecule has 0 saturated heterocycles. The Morgan fingerprint density at radius 3 is 2.05 bits per heavy atom. The number of fused-ring (bicyclic) bond motifs is 1. The first-order valence-corrected chi connectivity index (χ1v) is 12.6. The van der Waals surface area contributed by atoms with Crippen LogP contribution in [0.3, 0.4) is 0 Å². The summed E-state index contributed by atoms with van der Waals surface area (Å²) in [5.41, 5.74) is 2.06. The highest BCUT2D eigenvalue weighted by atomic mass is 19.4. The molecule has 3 N–H and O–H groups in total. The van der Waals surface area contributed by atoms with Crippen molar-refractivity contribution in [3.8, 4) is 0 Å². The van der Waals surface area contributed by atoms with Gasteiger partial charge in [0.25, 0.3) is 0 Å². The lowest BCUT2D eigenvalue weighted by Gasteiger charge is -2.38. The summed E-state index contributed by atoms with van der Waals surface area (Å²) in [5, 5.41) is 17.3. The highest BCUT2D eigenvalue weighted by Crippen LogP contribution is 2.32. The zero-order valence-corrected chi connectivity index (χ0v) is 22.1. The fraction of sp³-hybridized carbons (Fsp3) is 0.560. The SMILES string of the molecule is CC1c2nc(CC(=O)NCCc3ccncc3)cn2CCN1CC1CCC1.O=C(O)C(F)(F)F.O=C(O)C(F)(F)F. The molecule has 2 aliphatic rings. The molecule has 1 saturated carbocycles. The van der Waals surface area contributed by atoms with E-state index in [1.807, 2.05) is 12.1 Å². The molecule has 1 atom stereocenters. The monoisotopic (exact) mass is 595 g/mol. The number of pyridine rings is 1. The largest absolute Gasteiger partial charge is 0.490 e. The second kappa shape index (κ2) is 14.8. The Balaban J connectivity index is 0.000000349. The van der Waals surface area contributed by atoms with Gasteiger partial charge in [0.2, 0.25) is 5.91 Å². The van der Waals surface area contributed by atoms with E-state index in [0.29, 0.717) is 19.0 Å². The van der Waals surface area contributed by atoms with E-state index in [1.165, 1.54) is 31.4 Å². The number of halogens is 6. The van der Waals surface area contributed by atoms with Crippen molar-refractivity contribution < 1.29 is 50.9 Å². The molecule has 0 aromatic carbocycles. The summed E-state index contributed by atoms with van der Waals surface area (Å²) in [7, 11) is 0. The molecule has 10 nitrogen and oxygen atoms in total. The van der Waals surface area contributed by atoms with Crippen LogP contribution in [0.4, 0.5) is 26.3 Å². The summed E-state index contributed by atoms with van der Waals surface area (Å²) >= 11 is 0. The molecule has 0 radical (unpaired) electrons. The zero-order valence-electron chi connectivity index (χ0n) is 22.1.